The van der Waals surface area contributed by atoms with Gasteiger partial charge in [0.05, 0.1) is 28.5 Å². The zero-order chi connectivity index (χ0) is 22.1. The number of rotatable bonds is 3. The number of nitrogens with zero attached hydrogens (tertiary/aromatic N) is 2. The number of amidine groups is 1. The molecule has 1 aliphatic rings. The van der Waals surface area contributed by atoms with Gasteiger partial charge in [-0.1, -0.05) is 46.3 Å². The predicted molar refractivity (Wildman–Crippen MR) is 137 cm³/mol. The molecule has 0 unspecified atom stereocenters. The molecule has 30 heavy (non-hydrogen) atoms. The molecule has 1 aliphatic carbocycles. The van der Waals surface area contributed by atoms with E-state index in [0.29, 0.717) is 20.2 Å². The highest BCUT2D eigenvalue weighted by Crippen LogP contribution is 2.37. The smallest absolute Gasteiger partial charge is 0.284 e. The van der Waals surface area contributed by atoms with E-state index in [1.165, 1.54) is 12.1 Å². The van der Waals surface area contributed by atoms with Crippen molar-refractivity contribution < 1.29 is 13.2 Å². The molecule has 2 aromatic carbocycles. The monoisotopic (exact) mass is 740 g/mol. The summed E-state index contributed by atoms with van der Waals surface area (Å²) in [6.45, 7) is 0. The number of halogens is 5. The van der Waals surface area contributed by atoms with E-state index in [1.807, 2.05) is 0 Å². The molecule has 0 N–H and O–H groups in total. The molecule has 11 heteroatoms. The normalized spacial score (nSPS) is 15.7. The summed E-state index contributed by atoms with van der Waals surface area (Å²) in [7, 11) is -4.04. The van der Waals surface area contributed by atoms with Crippen LogP contribution in [0.2, 0.25) is 0 Å². The minimum absolute atomic E-state index is 0.0302. The van der Waals surface area contributed by atoms with E-state index in [4.69, 9.17) is 0 Å². The van der Waals surface area contributed by atoms with Crippen molar-refractivity contribution >= 4 is 107 Å². The van der Waals surface area contributed by atoms with E-state index < -0.39 is 10.0 Å². The van der Waals surface area contributed by atoms with Crippen LogP contribution in [0.3, 0.4) is 0 Å². The first-order chi connectivity index (χ1) is 14.1. The highest BCUT2D eigenvalue weighted by Gasteiger charge is 2.29. The van der Waals surface area contributed by atoms with Gasteiger partial charge in [-0.15, -0.1) is 4.40 Å². The molecule has 0 saturated carbocycles. The van der Waals surface area contributed by atoms with Gasteiger partial charge in [-0.05, 0) is 88.0 Å². The van der Waals surface area contributed by atoms with Gasteiger partial charge in [-0.3, -0.25) is 4.79 Å². The first-order valence-electron chi connectivity index (χ1n) is 8.02. The molecule has 3 rings (SSSR count). The topological polar surface area (TPSA) is 75.9 Å². The number of carbonyl (C=O) groups is 1. The summed E-state index contributed by atoms with van der Waals surface area (Å²) < 4.78 is 31.8. The molecule has 0 saturated heterocycles. The third-order valence-corrected chi connectivity index (χ3v) is 9.70. The molecule has 0 spiro atoms. The second-order valence-electron chi connectivity index (χ2n) is 5.76. The van der Waals surface area contributed by atoms with Crippen molar-refractivity contribution in [1.29, 1.82) is 0 Å². The summed E-state index contributed by atoms with van der Waals surface area (Å²) in [4.78, 5) is 16.8. The SMILES string of the molecule is O=C1C(Br)=C(Br)C(=N/C(=N/S(=O)(=O)c2ccc(Br)cc2)c2ccccc2)C(Br)=C1Br. The maximum atomic E-state index is 12.9. The van der Waals surface area contributed by atoms with Crippen LogP contribution in [-0.4, -0.2) is 25.7 Å². The van der Waals surface area contributed by atoms with Gasteiger partial charge in [0, 0.05) is 10.0 Å². The van der Waals surface area contributed by atoms with Crippen LogP contribution in [0.15, 0.2) is 91.3 Å². The van der Waals surface area contributed by atoms with Crippen LogP contribution in [0, 0.1) is 0 Å². The summed E-state index contributed by atoms with van der Waals surface area (Å²) in [6, 6.07) is 14.9. The molecule has 0 radical (unpaired) electrons. The van der Waals surface area contributed by atoms with Crippen molar-refractivity contribution in [3.8, 4) is 0 Å². The predicted octanol–water partition coefficient (Wildman–Crippen LogP) is 6.61. The maximum Gasteiger partial charge on any atom is 0.284 e. The van der Waals surface area contributed by atoms with Crippen LogP contribution in [0.25, 0.3) is 0 Å². The van der Waals surface area contributed by atoms with Gasteiger partial charge < -0.3 is 0 Å². The van der Waals surface area contributed by atoms with Crippen LogP contribution in [-0.2, 0) is 14.8 Å². The first-order valence-corrected chi connectivity index (χ1v) is 13.4. The number of sulfonamides is 1. The van der Waals surface area contributed by atoms with E-state index in [1.54, 1.807) is 42.5 Å². The van der Waals surface area contributed by atoms with Crippen molar-refractivity contribution in [2.45, 2.75) is 4.90 Å². The number of aliphatic imine (C=N–C) groups is 1. The Balaban J connectivity index is 2.23. The highest BCUT2D eigenvalue weighted by molar-refractivity contribution is 9.16. The van der Waals surface area contributed by atoms with E-state index >= 15 is 0 Å². The maximum absolute atomic E-state index is 12.9. The lowest BCUT2D eigenvalue weighted by molar-refractivity contribution is -0.110. The average molecular weight is 745 g/mol. The standard InChI is InChI=1S/C19H9Br5N2O3S/c20-11-6-8-12(9-7-11)30(28,29)26-19(10-4-2-1-3-5-10)25-17-13(21)15(23)18(27)16(24)14(17)22/h1-9H/b26-19+. The van der Waals surface area contributed by atoms with Crippen LogP contribution >= 0.6 is 79.6 Å². The fourth-order valence-electron chi connectivity index (χ4n) is 2.30. The van der Waals surface area contributed by atoms with Crippen molar-refractivity contribution in [2.24, 2.45) is 9.39 Å². The third-order valence-electron chi connectivity index (χ3n) is 3.77. The summed E-state index contributed by atoms with van der Waals surface area (Å²) in [5.74, 6) is -0.314. The van der Waals surface area contributed by atoms with Crippen molar-refractivity contribution in [3.05, 3.63) is 82.6 Å². The van der Waals surface area contributed by atoms with Crippen molar-refractivity contribution in [3.63, 3.8) is 0 Å². The lowest BCUT2D eigenvalue weighted by Gasteiger charge is -2.15. The van der Waals surface area contributed by atoms with Crippen LogP contribution in [0.1, 0.15) is 5.56 Å². The number of carbonyl (C=O) groups excluding carboxylic acids is 1. The molecular weight excluding hydrogens is 736 g/mol. The fraction of sp³-hybridized carbons (Fsp3) is 0. The number of hydrogen-bond acceptors (Lipinski definition) is 3. The van der Waals surface area contributed by atoms with Gasteiger partial charge in [0.25, 0.3) is 10.0 Å². The Kier molecular flexibility index (Phi) is 7.84. The van der Waals surface area contributed by atoms with E-state index in [-0.39, 0.29) is 25.5 Å². The Morgan fingerprint density at radius 1 is 0.733 bits per heavy atom. The van der Waals surface area contributed by atoms with Gasteiger partial charge in [-0.2, -0.15) is 8.42 Å². The second-order valence-corrected chi connectivity index (χ2v) is 11.4. The Bertz CT molecular complexity index is 1220. The molecule has 0 aliphatic heterocycles. The lowest BCUT2D eigenvalue weighted by atomic mass is 10.1. The Morgan fingerprint density at radius 3 is 1.80 bits per heavy atom. The molecule has 2 aromatic rings. The van der Waals surface area contributed by atoms with E-state index in [2.05, 4.69) is 89.0 Å². The zero-order valence-corrected chi connectivity index (χ0v) is 23.4. The highest BCUT2D eigenvalue weighted by atomic mass is 79.9. The van der Waals surface area contributed by atoms with E-state index in [0.717, 1.165) is 4.47 Å². The average Bonchev–Trinajstić information content (AvgIpc) is 2.74. The van der Waals surface area contributed by atoms with Crippen molar-refractivity contribution in [2.75, 3.05) is 0 Å². The number of ketones is 1. The third kappa shape index (κ3) is 5.18. The first kappa shape index (κ1) is 23.9. The largest absolute Gasteiger partial charge is 0.287 e. The number of allylic oxidation sites excluding steroid dienone is 4. The van der Waals surface area contributed by atoms with Crippen molar-refractivity contribution in [1.82, 2.24) is 0 Å². The molecule has 0 amide bonds. The molecule has 5 nitrogen and oxygen atoms in total. The van der Waals surface area contributed by atoms with Crippen LogP contribution < -0.4 is 0 Å². The Morgan fingerprint density at radius 2 is 1.27 bits per heavy atom. The van der Waals surface area contributed by atoms with Crippen LogP contribution in [0.5, 0.6) is 0 Å². The van der Waals surface area contributed by atoms with E-state index in [9.17, 15) is 13.2 Å². The summed E-state index contributed by atoms with van der Waals surface area (Å²) in [6.07, 6.45) is 0. The van der Waals surface area contributed by atoms with Gasteiger partial charge in [0.1, 0.15) is 0 Å². The molecule has 0 bridgehead atoms. The molecule has 154 valence electrons. The minimum Gasteiger partial charge on any atom is -0.287 e. The molecule has 0 aromatic heterocycles. The molecule has 0 atom stereocenters. The lowest BCUT2D eigenvalue weighted by Crippen LogP contribution is -2.17. The summed E-state index contributed by atoms with van der Waals surface area (Å²) >= 11 is 16.4. The number of hydrogen-bond donors (Lipinski definition) is 0. The minimum atomic E-state index is -4.04. The van der Waals surface area contributed by atoms with Crippen LogP contribution in [0.4, 0.5) is 0 Å². The summed E-state index contributed by atoms with van der Waals surface area (Å²) in [5.41, 5.74) is 0.803. The molecule has 0 fully saturated rings. The second kappa shape index (κ2) is 9.83. The van der Waals surface area contributed by atoms with Gasteiger partial charge in [-0.25, -0.2) is 4.99 Å². The van der Waals surface area contributed by atoms with Gasteiger partial charge in [0.2, 0.25) is 5.78 Å². The quantitative estimate of drug-likeness (QED) is 0.202. The molecular formula is C19H9Br5N2O3S. The number of Topliss-reactive ketones (excluding diaryl/α,β-unsaturated/α-hetero) is 1. The molecule has 0 heterocycles. The summed E-state index contributed by atoms with van der Waals surface area (Å²) in [5, 5.41) is 0. The Labute approximate surface area is 215 Å². The Hall–Kier alpha value is -0.720. The number of benzene rings is 2. The van der Waals surface area contributed by atoms with Gasteiger partial charge in [0.15, 0.2) is 5.84 Å². The zero-order valence-electron chi connectivity index (χ0n) is 14.6. The van der Waals surface area contributed by atoms with Gasteiger partial charge >= 0.3 is 0 Å². The fourth-order valence-corrected chi connectivity index (χ4v) is 5.76.